The monoisotopic (exact) mass is 407 g/mol. The molecule has 2 aromatic heterocycles. The van der Waals surface area contributed by atoms with Gasteiger partial charge >= 0.3 is 0 Å². The zero-order valence-corrected chi connectivity index (χ0v) is 16.7. The van der Waals surface area contributed by atoms with Crippen molar-refractivity contribution in [3.63, 3.8) is 0 Å². The van der Waals surface area contributed by atoms with E-state index in [0.717, 1.165) is 17.0 Å². The van der Waals surface area contributed by atoms with Gasteiger partial charge in [-0.2, -0.15) is 5.10 Å². The summed E-state index contributed by atoms with van der Waals surface area (Å²) < 4.78 is 13.0. The summed E-state index contributed by atoms with van der Waals surface area (Å²) in [6.07, 6.45) is 0. The number of carbonyl (C=O) groups excluding carboxylic acids is 1. The maximum Gasteiger partial charge on any atom is 0.287 e. The maximum absolute atomic E-state index is 12.3. The predicted octanol–water partition coefficient (Wildman–Crippen LogP) is 4.45. The Morgan fingerprint density at radius 1 is 1.26 bits per heavy atom. The number of ether oxygens (including phenoxy) is 1. The van der Waals surface area contributed by atoms with Crippen LogP contribution in [0.5, 0.6) is 5.75 Å². The summed E-state index contributed by atoms with van der Waals surface area (Å²) in [5.41, 5.74) is 2.90. The van der Waals surface area contributed by atoms with Crippen molar-refractivity contribution in [3.8, 4) is 5.75 Å². The molecule has 27 heavy (non-hydrogen) atoms. The third-order valence-electron chi connectivity index (χ3n) is 4.26. The minimum atomic E-state index is -0.301. The number of rotatable bonds is 6. The standard InChI is InChI=1S/C19H19Cl2N3O3/c1-11-14(12(2)24(3)23-11)9-22-19(25)17-8-7-13(27-17)10-26-16-6-4-5-15(20)18(16)21/h4-8H,9-10H2,1-3H3,(H,22,25). The molecule has 0 bridgehead atoms. The van der Waals surface area contributed by atoms with Gasteiger partial charge in [0.2, 0.25) is 0 Å². The lowest BCUT2D eigenvalue weighted by Gasteiger charge is -2.07. The van der Waals surface area contributed by atoms with Crippen molar-refractivity contribution >= 4 is 29.1 Å². The number of nitrogens with one attached hydrogen (secondary N) is 1. The zero-order chi connectivity index (χ0) is 19.6. The summed E-state index contributed by atoms with van der Waals surface area (Å²) in [5.74, 6) is 0.869. The first kappa shape index (κ1) is 19.3. The number of furan rings is 1. The Morgan fingerprint density at radius 3 is 2.74 bits per heavy atom. The van der Waals surface area contributed by atoms with Crippen LogP contribution in [0.25, 0.3) is 0 Å². The van der Waals surface area contributed by atoms with Crippen molar-refractivity contribution in [2.24, 2.45) is 7.05 Å². The van der Waals surface area contributed by atoms with Gasteiger partial charge in [-0.15, -0.1) is 0 Å². The molecule has 6 nitrogen and oxygen atoms in total. The van der Waals surface area contributed by atoms with Crippen LogP contribution >= 0.6 is 23.2 Å². The van der Waals surface area contributed by atoms with Crippen molar-refractivity contribution < 1.29 is 13.9 Å². The van der Waals surface area contributed by atoms with Gasteiger partial charge in [-0.1, -0.05) is 29.3 Å². The molecule has 0 fully saturated rings. The first-order chi connectivity index (χ1) is 12.9. The van der Waals surface area contributed by atoms with Gasteiger partial charge in [0.25, 0.3) is 5.91 Å². The van der Waals surface area contributed by atoms with Crippen molar-refractivity contribution in [2.75, 3.05) is 0 Å². The molecule has 0 saturated heterocycles. The second-order valence-corrected chi connectivity index (χ2v) is 6.85. The largest absolute Gasteiger partial charge is 0.484 e. The van der Waals surface area contributed by atoms with E-state index in [1.54, 1.807) is 35.0 Å². The fraction of sp³-hybridized carbons (Fsp3) is 0.263. The van der Waals surface area contributed by atoms with Crippen LogP contribution in [0.15, 0.2) is 34.7 Å². The molecule has 3 aromatic rings. The lowest BCUT2D eigenvalue weighted by molar-refractivity contribution is 0.0919. The van der Waals surface area contributed by atoms with Crippen LogP contribution in [0.2, 0.25) is 10.0 Å². The quantitative estimate of drug-likeness (QED) is 0.655. The van der Waals surface area contributed by atoms with Crippen LogP contribution in [0.3, 0.4) is 0 Å². The van der Waals surface area contributed by atoms with Gasteiger partial charge in [-0.3, -0.25) is 9.48 Å². The number of aryl methyl sites for hydroxylation is 2. The average molecular weight is 408 g/mol. The molecule has 0 aliphatic carbocycles. The summed E-state index contributed by atoms with van der Waals surface area (Å²) >= 11 is 12.0. The van der Waals surface area contributed by atoms with E-state index in [-0.39, 0.29) is 18.3 Å². The number of benzene rings is 1. The lowest BCUT2D eigenvalue weighted by atomic mass is 10.2. The van der Waals surface area contributed by atoms with E-state index < -0.39 is 0 Å². The van der Waals surface area contributed by atoms with E-state index in [4.69, 9.17) is 32.4 Å². The number of aromatic nitrogens is 2. The van der Waals surface area contributed by atoms with E-state index in [1.807, 2.05) is 20.9 Å². The normalized spacial score (nSPS) is 10.9. The van der Waals surface area contributed by atoms with Crippen LogP contribution in [-0.2, 0) is 20.2 Å². The first-order valence-electron chi connectivity index (χ1n) is 8.29. The molecule has 142 valence electrons. The van der Waals surface area contributed by atoms with Gasteiger partial charge in [0.1, 0.15) is 23.1 Å². The molecule has 0 spiro atoms. The SMILES string of the molecule is Cc1nn(C)c(C)c1CNC(=O)c1ccc(COc2cccc(Cl)c2Cl)o1. The number of carbonyl (C=O) groups is 1. The topological polar surface area (TPSA) is 69.3 Å². The Labute approximate surface area is 167 Å². The molecular weight excluding hydrogens is 389 g/mol. The van der Waals surface area contributed by atoms with Crippen LogP contribution < -0.4 is 10.1 Å². The molecule has 1 amide bonds. The molecule has 0 aliphatic rings. The van der Waals surface area contributed by atoms with Crippen LogP contribution in [-0.4, -0.2) is 15.7 Å². The van der Waals surface area contributed by atoms with Crippen LogP contribution in [0.1, 0.15) is 33.3 Å². The average Bonchev–Trinajstić information content (AvgIpc) is 3.20. The third-order valence-corrected chi connectivity index (χ3v) is 5.06. The highest BCUT2D eigenvalue weighted by molar-refractivity contribution is 6.42. The molecule has 8 heteroatoms. The fourth-order valence-corrected chi connectivity index (χ4v) is 3.00. The van der Waals surface area contributed by atoms with Gasteiger partial charge in [-0.05, 0) is 38.1 Å². The molecule has 0 radical (unpaired) electrons. The Balaban J connectivity index is 1.60. The van der Waals surface area contributed by atoms with E-state index in [9.17, 15) is 4.79 Å². The predicted molar refractivity (Wildman–Crippen MR) is 103 cm³/mol. The molecule has 3 rings (SSSR count). The number of amides is 1. The molecule has 1 N–H and O–H groups in total. The molecule has 0 atom stereocenters. The molecule has 0 aliphatic heterocycles. The summed E-state index contributed by atoms with van der Waals surface area (Å²) in [4.78, 5) is 12.3. The second kappa shape index (κ2) is 8.06. The van der Waals surface area contributed by atoms with Crippen molar-refractivity contribution in [3.05, 3.63) is 68.8 Å². The van der Waals surface area contributed by atoms with Crippen molar-refractivity contribution in [1.29, 1.82) is 0 Å². The highest BCUT2D eigenvalue weighted by Gasteiger charge is 2.15. The van der Waals surface area contributed by atoms with Gasteiger partial charge in [0.05, 0.1) is 10.7 Å². The van der Waals surface area contributed by atoms with Gasteiger partial charge in [0.15, 0.2) is 5.76 Å². The minimum absolute atomic E-state index is 0.133. The fourth-order valence-electron chi connectivity index (χ4n) is 2.65. The Bertz CT molecular complexity index is 979. The van der Waals surface area contributed by atoms with E-state index >= 15 is 0 Å². The second-order valence-electron chi connectivity index (χ2n) is 6.06. The van der Waals surface area contributed by atoms with Gasteiger partial charge < -0.3 is 14.5 Å². The van der Waals surface area contributed by atoms with E-state index in [0.29, 0.717) is 28.1 Å². The number of halogens is 2. The van der Waals surface area contributed by atoms with Gasteiger partial charge in [0, 0.05) is 24.8 Å². The minimum Gasteiger partial charge on any atom is -0.484 e. The highest BCUT2D eigenvalue weighted by atomic mass is 35.5. The molecule has 1 aromatic carbocycles. The van der Waals surface area contributed by atoms with Crippen molar-refractivity contribution in [1.82, 2.24) is 15.1 Å². The third kappa shape index (κ3) is 4.28. The van der Waals surface area contributed by atoms with Crippen LogP contribution in [0, 0.1) is 13.8 Å². The Kier molecular flexibility index (Phi) is 5.77. The summed E-state index contributed by atoms with van der Waals surface area (Å²) in [6.45, 7) is 4.39. The van der Waals surface area contributed by atoms with Crippen LogP contribution in [0.4, 0.5) is 0 Å². The maximum atomic E-state index is 12.3. The number of hydrogen-bond acceptors (Lipinski definition) is 4. The smallest absolute Gasteiger partial charge is 0.287 e. The lowest BCUT2D eigenvalue weighted by Crippen LogP contribution is -2.23. The number of hydrogen-bond donors (Lipinski definition) is 1. The molecule has 0 saturated carbocycles. The van der Waals surface area contributed by atoms with Gasteiger partial charge in [-0.25, -0.2) is 0 Å². The van der Waals surface area contributed by atoms with E-state index in [2.05, 4.69) is 10.4 Å². The summed E-state index contributed by atoms with van der Waals surface area (Å²) in [5, 5.41) is 7.94. The molecule has 0 unspecified atom stereocenters. The summed E-state index contributed by atoms with van der Waals surface area (Å²) in [7, 11) is 1.87. The Hall–Kier alpha value is -2.44. The molecule has 2 heterocycles. The van der Waals surface area contributed by atoms with Crippen molar-refractivity contribution in [2.45, 2.75) is 27.0 Å². The first-order valence-corrected chi connectivity index (χ1v) is 9.05. The zero-order valence-electron chi connectivity index (χ0n) is 15.2. The Morgan fingerprint density at radius 2 is 2.04 bits per heavy atom. The molecular formula is C19H19Cl2N3O3. The van der Waals surface area contributed by atoms with E-state index in [1.165, 1.54) is 0 Å². The highest BCUT2D eigenvalue weighted by Crippen LogP contribution is 2.32. The number of nitrogens with zero attached hydrogens (tertiary/aromatic N) is 2. The summed E-state index contributed by atoms with van der Waals surface area (Å²) in [6, 6.07) is 8.43.